The van der Waals surface area contributed by atoms with Crippen molar-refractivity contribution in [3.05, 3.63) is 0 Å². The van der Waals surface area contributed by atoms with E-state index in [0.717, 1.165) is 0 Å². The number of nitrogens with one attached hydrogen (secondary N) is 1. The molecule has 1 saturated heterocycles. The standard InChI is InChI=1S/C9H12N6O3/c1-4-6(17)11-5(16)3-15(4)8-12-7(10)13-9(14-8)18-2/h4H,3H2,1-2H3,(H,11,16,17)(H2,10,12,13,14). The van der Waals surface area contributed by atoms with Crippen LogP contribution in [0.15, 0.2) is 0 Å². The molecule has 9 heteroatoms. The Morgan fingerprint density at radius 2 is 2.11 bits per heavy atom. The number of ether oxygens (including phenoxy) is 1. The highest BCUT2D eigenvalue weighted by Crippen LogP contribution is 2.17. The van der Waals surface area contributed by atoms with Gasteiger partial charge in [0.15, 0.2) is 0 Å². The van der Waals surface area contributed by atoms with Crippen LogP contribution in [0.2, 0.25) is 0 Å². The number of nitrogen functional groups attached to an aromatic ring is 1. The molecule has 0 bridgehead atoms. The molecule has 0 radical (unpaired) electrons. The van der Waals surface area contributed by atoms with Crippen LogP contribution in [-0.2, 0) is 9.59 Å². The highest BCUT2D eigenvalue weighted by Gasteiger charge is 2.32. The smallest absolute Gasteiger partial charge is 0.322 e. The van der Waals surface area contributed by atoms with Gasteiger partial charge < -0.3 is 15.4 Å². The van der Waals surface area contributed by atoms with Gasteiger partial charge in [0.25, 0.3) is 0 Å². The normalized spacial score (nSPS) is 19.7. The first kappa shape index (κ1) is 12.0. The first-order valence-electron chi connectivity index (χ1n) is 5.17. The van der Waals surface area contributed by atoms with Crippen LogP contribution in [0, 0.1) is 0 Å². The maximum Gasteiger partial charge on any atom is 0.322 e. The lowest BCUT2D eigenvalue weighted by atomic mass is 10.2. The van der Waals surface area contributed by atoms with Crippen molar-refractivity contribution in [3.63, 3.8) is 0 Å². The van der Waals surface area contributed by atoms with E-state index in [4.69, 9.17) is 10.5 Å². The number of nitrogens with two attached hydrogens (primary N) is 1. The van der Waals surface area contributed by atoms with Gasteiger partial charge in [-0.2, -0.15) is 15.0 Å². The van der Waals surface area contributed by atoms with E-state index in [1.807, 2.05) is 0 Å². The summed E-state index contributed by atoms with van der Waals surface area (Å²) in [6, 6.07) is -0.544. The zero-order valence-electron chi connectivity index (χ0n) is 9.88. The van der Waals surface area contributed by atoms with E-state index in [9.17, 15) is 9.59 Å². The molecular formula is C9H12N6O3. The van der Waals surface area contributed by atoms with Gasteiger partial charge in [-0.1, -0.05) is 0 Å². The van der Waals surface area contributed by atoms with E-state index in [1.54, 1.807) is 6.92 Å². The lowest BCUT2D eigenvalue weighted by Gasteiger charge is -2.31. The largest absolute Gasteiger partial charge is 0.467 e. The number of aromatic nitrogens is 3. The molecule has 0 saturated carbocycles. The maximum absolute atomic E-state index is 11.5. The van der Waals surface area contributed by atoms with Gasteiger partial charge in [-0.3, -0.25) is 14.9 Å². The molecule has 1 aromatic rings. The zero-order chi connectivity index (χ0) is 13.3. The number of carbonyl (C=O) groups is 2. The van der Waals surface area contributed by atoms with Gasteiger partial charge in [0.2, 0.25) is 23.7 Å². The van der Waals surface area contributed by atoms with Crippen LogP contribution in [0.25, 0.3) is 0 Å². The van der Waals surface area contributed by atoms with Crippen molar-refractivity contribution in [2.75, 3.05) is 24.3 Å². The Hall–Kier alpha value is -2.45. The van der Waals surface area contributed by atoms with Crippen molar-refractivity contribution >= 4 is 23.7 Å². The summed E-state index contributed by atoms with van der Waals surface area (Å²) in [4.78, 5) is 35.9. The summed E-state index contributed by atoms with van der Waals surface area (Å²) in [5.74, 6) is -0.738. The van der Waals surface area contributed by atoms with Crippen molar-refractivity contribution in [3.8, 4) is 6.01 Å². The second-order valence-electron chi connectivity index (χ2n) is 3.70. The lowest BCUT2D eigenvalue weighted by molar-refractivity contribution is -0.132. The molecule has 1 aromatic heterocycles. The van der Waals surface area contributed by atoms with E-state index < -0.39 is 17.9 Å². The number of imide groups is 1. The predicted octanol–water partition coefficient (Wildman–Crippen LogP) is -1.69. The first-order valence-corrected chi connectivity index (χ1v) is 5.17. The molecule has 2 rings (SSSR count). The van der Waals surface area contributed by atoms with Crippen LogP contribution in [0.4, 0.5) is 11.9 Å². The van der Waals surface area contributed by atoms with E-state index in [1.165, 1.54) is 12.0 Å². The van der Waals surface area contributed by atoms with Crippen LogP contribution in [0.1, 0.15) is 6.92 Å². The number of rotatable bonds is 2. The van der Waals surface area contributed by atoms with Gasteiger partial charge in [0.05, 0.1) is 7.11 Å². The van der Waals surface area contributed by atoms with Crippen molar-refractivity contribution in [1.29, 1.82) is 0 Å². The van der Waals surface area contributed by atoms with E-state index in [0.29, 0.717) is 0 Å². The molecule has 1 fully saturated rings. The van der Waals surface area contributed by atoms with Crippen LogP contribution in [0.5, 0.6) is 6.01 Å². The summed E-state index contributed by atoms with van der Waals surface area (Å²) in [5, 5.41) is 2.22. The molecule has 1 aliphatic rings. The third kappa shape index (κ3) is 2.14. The summed E-state index contributed by atoms with van der Waals surface area (Å²) in [6.45, 7) is 1.60. The Morgan fingerprint density at radius 1 is 1.39 bits per heavy atom. The quantitative estimate of drug-likeness (QED) is 0.598. The molecule has 2 heterocycles. The third-order valence-electron chi connectivity index (χ3n) is 2.48. The van der Waals surface area contributed by atoms with Crippen molar-refractivity contribution in [1.82, 2.24) is 20.3 Å². The molecule has 2 amide bonds. The van der Waals surface area contributed by atoms with E-state index in [-0.39, 0.29) is 24.5 Å². The summed E-state index contributed by atoms with van der Waals surface area (Å²) in [7, 11) is 1.38. The number of amides is 2. The van der Waals surface area contributed by atoms with Crippen molar-refractivity contribution < 1.29 is 14.3 Å². The topological polar surface area (TPSA) is 123 Å². The number of hydrogen-bond donors (Lipinski definition) is 2. The first-order chi connectivity index (χ1) is 8.51. The Morgan fingerprint density at radius 3 is 2.78 bits per heavy atom. The number of carbonyl (C=O) groups excluding carboxylic acids is 2. The minimum atomic E-state index is -0.575. The third-order valence-corrected chi connectivity index (χ3v) is 2.48. The van der Waals surface area contributed by atoms with Gasteiger partial charge in [-0.25, -0.2) is 0 Å². The number of piperazine rings is 1. The average Bonchev–Trinajstić information content (AvgIpc) is 2.32. The molecular weight excluding hydrogens is 240 g/mol. The SMILES string of the molecule is COc1nc(N)nc(N2CC(=O)NC(=O)C2C)n1. The molecule has 1 atom stereocenters. The minimum Gasteiger partial charge on any atom is -0.467 e. The lowest BCUT2D eigenvalue weighted by Crippen LogP contribution is -2.57. The fourth-order valence-corrected chi connectivity index (χ4v) is 1.54. The maximum atomic E-state index is 11.5. The van der Waals surface area contributed by atoms with Crippen molar-refractivity contribution in [2.24, 2.45) is 0 Å². The Bertz CT molecular complexity index is 505. The molecule has 9 nitrogen and oxygen atoms in total. The summed E-state index contributed by atoms with van der Waals surface area (Å²) >= 11 is 0. The van der Waals surface area contributed by atoms with Crippen LogP contribution < -0.4 is 20.7 Å². The Labute approximate surface area is 102 Å². The van der Waals surface area contributed by atoms with Crippen LogP contribution >= 0.6 is 0 Å². The Balaban J connectivity index is 2.37. The number of methoxy groups -OCH3 is 1. The summed E-state index contributed by atoms with van der Waals surface area (Å²) in [6.07, 6.45) is 0. The second kappa shape index (κ2) is 4.43. The van der Waals surface area contributed by atoms with Gasteiger partial charge in [-0.15, -0.1) is 0 Å². The highest BCUT2D eigenvalue weighted by molar-refractivity contribution is 6.04. The van der Waals surface area contributed by atoms with Crippen LogP contribution in [0.3, 0.4) is 0 Å². The minimum absolute atomic E-state index is 0.0283. The number of hydrogen-bond acceptors (Lipinski definition) is 8. The molecule has 0 aliphatic carbocycles. The van der Waals surface area contributed by atoms with Gasteiger partial charge in [0.1, 0.15) is 12.6 Å². The van der Waals surface area contributed by atoms with Gasteiger partial charge in [0, 0.05) is 0 Å². The zero-order valence-corrected chi connectivity index (χ0v) is 9.88. The highest BCUT2D eigenvalue weighted by atomic mass is 16.5. The van der Waals surface area contributed by atoms with E-state index in [2.05, 4.69) is 20.3 Å². The molecule has 96 valence electrons. The monoisotopic (exact) mass is 252 g/mol. The molecule has 3 N–H and O–H groups in total. The summed E-state index contributed by atoms with van der Waals surface area (Å²) in [5.41, 5.74) is 5.50. The predicted molar refractivity (Wildman–Crippen MR) is 60.7 cm³/mol. The van der Waals surface area contributed by atoms with E-state index >= 15 is 0 Å². The van der Waals surface area contributed by atoms with Crippen LogP contribution in [-0.4, -0.2) is 46.5 Å². The number of nitrogens with zero attached hydrogens (tertiary/aromatic N) is 4. The van der Waals surface area contributed by atoms with Gasteiger partial charge >= 0.3 is 6.01 Å². The van der Waals surface area contributed by atoms with Gasteiger partial charge in [-0.05, 0) is 6.92 Å². The molecule has 1 aliphatic heterocycles. The fraction of sp³-hybridized carbons (Fsp3) is 0.444. The number of anilines is 2. The summed E-state index contributed by atoms with van der Waals surface area (Å²) < 4.78 is 4.86. The second-order valence-corrected chi connectivity index (χ2v) is 3.70. The fourth-order valence-electron chi connectivity index (χ4n) is 1.54. The molecule has 1 unspecified atom stereocenters. The van der Waals surface area contributed by atoms with Crippen molar-refractivity contribution in [2.45, 2.75) is 13.0 Å². The molecule has 0 aromatic carbocycles. The Kier molecular flexibility index (Phi) is 2.96. The molecule has 18 heavy (non-hydrogen) atoms. The average molecular weight is 252 g/mol. The molecule has 0 spiro atoms.